The average Bonchev–Trinajstić information content (AvgIpc) is 3.12. The second-order valence-electron chi connectivity index (χ2n) is 6.97. The summed E-state index contributed by atoms with van der Waals surface area (Å²) in [4.78, 5) is 27.6. The molecule has 1 aromatic heterocycles. The molecule has 0 saturated carbocycles. The number of hydrogen-bond donors (Lipinski definition) is 1. The summed E-state index contributed by atoms with van der Waals surface area (Å²) in [5, 5.41) is 8.91. The molecule has 0 bridgehead atoms. The van der Waals surface area contributed by atoms with Gasteiger partial charge in [0.2, 0.25) is 5.91 Å². The minimum atomic E-state index is -0.856. The van der Waals surface area contributed by atoms with Crippen molar-refractivity contribution in [3.8, 4) is 0 Å². The van der Waals surface area contributed by atoms with E-state index in [0.29, 0.717) is 10.6 Å². The summed E-state index contributed by atoms with van der Waals surface area (Å²) in [7, 11) is 1.54. The predicted octanol–water partition coefficient (Wildman–Crippen LogP) is 2.94. The van der Waals surface area contributed by atoms with E-state index in [-0.39, 0.29) is 30.7 Å². The first-order chi connectivity index (χ1) is 12.7. The SMILES string of the molecule is COCCN(C(=O)c1csnn1)[C@H](C(=O)NC(C)(C)C)c1ccc(Cl)cc1. The Morgan fingerprint density at radius 2 is 1.96 bits per heavy atom. The van der Waals surface area contributed by atoms with E-state index in [0.717, 1.165) is 11.5 Å². The van der Waals surface area contributed by atoms with Crippen molar-refractivity contribution in [1.29, 1.82) is 0 Å². The quantitative estimate of drug-likeness (QED) is 0.758. The molecule has 2 rings (SSSR count). The van der Waals surface area contributed by atoms with Gasteiger partial charge in [-0.2, -0.15) is 0 Å². The highest BCUT2D eigenvalue weighted by Gasteiger charge is 2.34. The first-order valence-electron chi connectivity index (χ1n) is 8.37. The molecule has 2 amide bonds. The van der Waals surface area contributed by atoms with Gasteiger partial charge in [0.15, 0.2) is 5.69 Å². The van der Waals surface area contributed by atoms with Crippen LogP contribution in [0, 0.1) is 0 Å². The third-order valence-corrected chi connectivity index (χ3v) is 4.38. The van der Waals surface area contributed by atoms with E-state index in [2.05, 4.69) is 14.9 Å². The molecule has 0 radical (unpaired) electrons. The van der Waals surface area contributed by atoms with Crippen molar-refractivity contribution in [1.82, 2.24) is 19.8 Å². The van der Waals surface area contributed by atoms with Crippen LogP contribution in [0.5, 0.6) is 0 Å². The molecule has 0 fully saturated rings. The molecule has 0 spiro atoms. The van der Waals surface area contributed by atoms with Gasteiger partial charge in [0.25, 0.3) is 5.91 Å². The monoisotopic (exact) mass is 410 g/mol. The van der Waals surface area contributed by atoms with Gasteiger partial charge in [-0.3, -0.25) is 9.59 Å². The van der Waals surface area contributed by atoms with Crippen LogP contribution in [0.1, 0.15) is 42.9 Å². The van der Waals surface area contributed by atoms with Gasteiger partial charge in [0.1, 0.15) is 6.04 Å². The lowest BCUT2D eigenvalue weighted by molar-refractivity contribution is -0.127. The van der Waals surface area contributed by atoms with Gasteiger partial charge in [0, 0.05) is 29.6 Å². The zero-order chi connectivity index (χ0) is 20.0. The number of nitrogens with zero attached hydrogens (tertiary/aromatic N) is 3. The second-order valence-corrected chi connectivity index (χ2v) is 8.02. The summed E-state index contributed by atoms with van der Waals surface area (Å²) in [6.07, 6.45) is 0. The third kappa shape index (κ3) is 5.98. The molecule has 27 heavy (non-hydrogen) atoms. The fourth-order valence-electron chi connectivity index (χ4n) is 2.50. The highest BCUT2D eigenvalue weighted by atomic mass is 35.5. The number of benzene rings is 1. The molecule has 0 saturated heterocycles. The molecule has 2 aromatic rings. The van der Waals surface area contributed by atoms with Crippen LogP contribution in [0.2, 0.25) is 5.02 Å². The van der Waals surface area contributed by atoms with Gasteiger partial charge < -0.3 is 15.0 Å². The lowest BCUT2D eigenvalue weighted by Crippen LogP contribution is -2.50. The topological polar surface area (TPSA) is 84.4 Å². The number of halogens is 1. The molecular formula is C18H23ClN4O3S. The lowest BCUT2D eigenvalue weighted by atomic mass is 10.0. The fraction of sp³-hybridized carbons (Fsp3) is 0.444. The standard InChI is InChI=1S/C18H23ClN4O3S/c1-18(2,3)20-16(24)15(12-5-7-13(19)8-6-12)23(9-10-26-4)17(25)14-11-27-22-21-14/h5-8,11,15H,9-10H2,1-4H3,(H,20,24)/t15-/m0/s1. The van der Waals surface area contributed by atoms with Gasteiger partial charge in [-0.25, -0.2) is 0 Å². The van der Waals surface area contributed by atoms with Crippen molar-refractivity contribution in [2.75, 3.05) is 20.3 Å². The zero-order valence-corrected chi connectivity index (χ0v) is 17.3. The van der Waals surface area contributed by atoms with Gasteiger partial charge >= 0.3 is 0 Å². The molecule has 1 aromatic carbocycles. The largest absolute Gasteiger partial charge is 0.383 e. The van der Waals surface area contributed by atoms with E-state index in [4.69, 9.17) is 16.3 Å². The van der Waals surface area contributed by atoms with E-state index in [1.165, 1.54) is 4.90 Å². The fourth-order valence-corrected chi connectivity index (χ4v) is 3.05. The van der Waals surface area contributed by atoms with Crippen molar-refractivity contribution in [3.63, 3.8) is 0 Å². The third-order valence-electron chi connectivity index (χ3n) is 3.62. The maximum Gasteiger partial charge on any atom is 0.276 e. The van der Waals surface area contributed by atoms with E-state index in [9.17, 15) is 9.59 Å². The number of nitrogens with one attached hydrogen (secondary N) is 1. The summed E-state index contributed by atoms with van der Waals surface area (Å²) in [5.41, 5.74) is 0.382. The van der Waals surface area contributed by atoms with Crippen molar-refractivity contribution >= 4 is 34.9 Å². The molecule has 0 aliphatic rings. The molecule has 0 aliphatic heterocycles. The first kappa shape index (κ1) is 21.3. The van der Waals surface area contributed by atoms with E-state index in [1.807, 2.05) is 20.8 Å². The maximum absolute atomic E-state index is 13.1. The lowest BCUT2D eigenvalue weighted by Gasteiger charge is -2.33. The Labute approximate surface area is 167 Å². The number of ether oxygens (including phenoxy) is 1. The molecule has 0 unspecified atom stereocenters. The number of carbonyl (C=O) groups excluding carboxylic acids is 2. The second kappa shape index (κ2) is 9.25. The van der Waals surface area contributed by atoms with Crippen LogP contribution < -0.4 is 5.32 Å². The van der Waals surface area contributed by atoms with Crippen molar-refractivity contribution in [2.24, 2.45) is 0 Å². The molecule has 0 aliphatic carbocycles. The molecule has 1 N–H and O–H groups in total. The normalized spacial score (nSPS) is 12.5. The van der Waals surface area contributed by atoms with Crippen LogP contribution in [-0.2, 0) is 9.53 Å². The molecule has 1 heterocycles. The number of amides is 2. The Hall–Kier alpha value is -2.03. The van der Waals surface area contributed by atoms with Crippen molar-refractivity contribution in [2.45, 2.75) is 32.4 Å². The Morgan fingerprint density at radius 1 is 1.30 bits per heavy atom. The van der Waals surface area contributed by atoms with E-state index >= 15 is 0 Å². The predicted molar refractivity (Wildman–Crippen MR) is 105 cm³/mol. The summed E-state index contributed by atoms with van der Waals surface area (Å²) >= 11 is 7.07. The highest BCUT2D eigenvalue weighted by Crippen LogP contribution is 2.25. The number of methoxy groups -OCH3 is 1. The molecule has 146 valence electrons. The van der Waals surface area contributed by atoms with E-state index in [1.54, 1.807) is 36.8 Å². The molecule has 7 nitrogen and oxygen atoms in total. The maximum atomic E-state index is 13.1. The molecule has 1 atom stereocenters. The minimum absolute atomic E-state index is 0.193. The van der Waals surface area contributed by atoms with Crippen molar-refractivity contribution < 1.29 is 14.3 Å². The zero-order valence-electron chi connectivity index (χ0n) is 15.7. The van der Waals surface area contributed by atoms with Gasteiger partial charge in [0.05, 0.1) is 6.61 Å². The van der Waals surface area contributed by atoms with E-state index < -0.39 is 11.6 Å². The van der Waals surface area contributed by atoms with Crippen LogP contribution >= 0.6 is 23.1 Å². The van der Waals surface area contributed by atoms with Crippen LogP contribution in [0.25, 0.3) is 0 Å². The Bertz CT molecular complexity index is 760. The van der Waals surface area contributed by atoms with Crippen molar-refractivity contribution in [3.05, 3.63) is 45.9 Å². The first-order valence-corrected chi connectivity index (χ1v) is 9.59. The smallest absolute Gasteiger partial charge is 0.276 e. The Morgan fingerprint density at radius 3 is 2.48 bits per heavy atom. The summed E-state index contributed by atoms with van der Waals surface area (Å²) in [6, 6.07) is 6.00. The molecule has 9 heteroatoms. The van der Waals surface area contributed by atoms with Crippen LogP contribution in [-0.4, -0.2) is 52.1 Å². The Balaban J connectivity index is 2.46. The number of rotatable bonds is 7. The van der Waals surface area contributed by atoms with Gasteiger partial charge in [-0.15, -0.1) is 5.10 Å². The minimum Gasteiger partial charge on any atom is -0.383 e. The van der Waals surface area contributed by atoms with Crippen LogP contribution in [0.15, 0.2) is 29.6 Å². The summed E-state index contributed by atoms with van der Waals surface area (Å²) in [6.45, 7) is 6.15. The van der Waals surface area contributed by atoms with Gasteiger partial charge in [-0.05, 0) is 50.0 Å². The molecular weight excluding hydrogens is 388 g/mol. The summed E-state index contributed by atoms with van der Waals surface area (Å²) < 4.78 is 8.89. The number of carbonyl (C=O) groups is 2. The number of hydrogen-bond acceptors (Lipinski definition) is 6. The number of aromatic nitrogens is 2. The highest BCUT2D eigenvalue weighted by molar-refractivity contribution is 7.03. The summed E-state index contributed by atoms with van der Waals surface area (Å²) in [5.74, 6) is -0.678. The van der Waals surface area contributed by atoms with Crippen LogP contribution in [0.3, 0.4) is 0 Å². The average molecular weight is 411 g/mol. The Kier molecular flexibility index (Phi) is 7.29. The van der Waals surface area contributed by atoms with Crippen LogP contribution in [0.4, 0.5) is 0 Å². The van der Waals surface area contributed by atoms with Gasteiger partial charge in [-0.1, -0.05) is 28.2 Å².